The van der Waals surface area contributed by atoms with Crippen molar-refractivity contribution in [3.8, 4) is 22.8 Å². The average Bonchev–Trinajstić information content (AvgIpc) is 3.80. The van der Waals surface area contributed by atoms with E-state index >= 15 is 0 Å². The Hall–Kier alpha value is -5.91. The van der Waals surface area contributed by atoms with Gasteiger partial charge < -0.3 is 34.5 Å². The molecule has 1 aromatic heterocycles. The summed E-state index contributed by atoms with van der Waals surface area (Å²) in [6.07, 6.45) is 10.00. The number of unbranched alkanes of at least 4 members (excludes halogenated alkanes) is 3. The number of allylic oxidation sites excluding steroid dienone is 2. The monoisotopic (exact) mass is 820 g/mol. The third kappa shape index (κ3) is 10.8. The maximum absolute atomic E-state index is 14.8. The summed E-state index contributed by atoms with van der Waals surface area (Å²) in [6, 6.07) is 13.2. The van der Waals surface area contributed by atoms with Crippen molar-refractivity contribution in [1.29, 1.82) is 0 Å². The van der Waals surface area contributed by atoms with Gasteiger partial charge >= 0.3 is 12.1 Å². The lowest BCUT2D eigenvalue weighted by molar-refractivity contribution is -0.150. The van der Waals surface area contributed by atoms with Gasteiger partial charge in [-0.25, -0.2) is 14.6 Å². The molecule has 320 valence electrons. The second kappa shape index (κ2) is 20.4. The summed E-state index contributed by atoms with van der Waals surface area (Å²) in [6.45, 7) is 21.3. The molecule has 5 rings (SSSR count). The van der Waals surface area contributed by atoms with Crippen molar-refractivity contribution in [2.75, 3.05) is 26.9 Å². The summed E-state index contributed by atoms with van der Waals surface area (Å²) in [5, 5.41) is 6.45. The van der Waals surface area contributed by atoms with Crippen molar-refractivity contribution in [2.24, 2.45) is 11.3 Å². The number of hydrogen-bond donors (Lipinski definition) is 2. The molecule has 2 N–H and O–H groups in total. The Balaban J connectivity index is 1.51. The van der Waals surface area contributed by atoms with Gasteiger partial charge in [-0.05, 0) is 45.1 Å². The average molecular weight is 821 g/mol. The third-order valence-corrected chi connectivity index (χ3v) is 11.1. The molecule has 0 unspecified atom stereocenters. The molecule has 1 aliphatic heterocycles. The summed E-state index contributed by atoms with van der Waals surface area (Å²) in [5.41, 5.74) is 1.22. The van der Waals surface area contributed by atoms with E-state index in [1.165, 1.54) is 4.90 Å². The van der Waals surface area contributed by atoms with Crippen LogP contribution < -0.4 is 20.1 Å². The Bertz CT molecular complexity index is 2070. The Morgan fingerprint density at radius 3 is 2.42 bits per heavy atom. The van der Waals surface area contributed by atoms with Gasteiger partial charge in [0.15, 0.2) is 0 Å². The molecular formula is C48H60N4O8. The normalized spacial score (nSPS) is 20.0. The Kier molecular flexibility index (Phi) is 15.3. The Labute approximate surface area is 354 Å². The fourth-order valence-corrected chi connectivity index (χ4v) is 7.72. The van der Waals surface area contributed by atoms with Crippen molar-refractivity contribution in [3.63, 3.8) is 0 Å². The summed E-state index contributed by atoms with van der Waals surface area (Å²) in [4.78, 5) is 62.3. The lowest BCUT2D eigenvalue weighted by Crippen LogP contribution is -2.56. The van der Waals surface area contributed by atoms with Crippen LogP contribution in [0.3, 0.4) is 0 Å². The first kappa shape index (κ1) is 45.2. The fraction of sp³-hybridized carbons (Fsp3) is 0.438. The number of fused-ring (bicyclic) bond motifs is 1. The molecule has 5 atom stereocenters. The van der Waals surface area contributed by atoms with Crippen LogP contribution in [0.4, 0.5) is 4.79 Å². The number of amides is 3. The van der Waals surface area contributed by atoms with E-state index in [0.717, 1.165) is 30.4 Å². The van der Waals surface area contributed by atoms with Crippen LogP contribution in [-0.4, -0.2) is 84.4 Å². The number of carbonyl (C=O) groups excluding carboxylic acids is 4. The highest BCUT2D eigenvalue weighted by molar-refractivity contribution is 5.97. The summed E-state index contributed by atoms with van der Waals surface area (Å²) in [5.74, 6) is -0.806. The van der Waals surface area contributed by atoms with Gasteiger partial charge in [-0.3, -0.25) is 9.59 Å². The second-order valence-corrected chi connectivity index (χ2v) is 16.3. The van der Waals surface area contributed by atoms with Crippen LogP contribution in [-0.2, 0) is 23.9 Å². The summed E-state index contributed by atoms with van der Waals surface area (Å²) >= 11 is 0. The smallest absolute Gasteiger partial charge is 0.407 e. The van der Waals surface area contributed by atoms with E-state index in [-0.39, 0.29) is 37.5 Å². The van der Waals surface area contributed by atoms with Gasteiger partial charge in [0.1, 0.15) is 35.2 Å². The van der Waals surface area contributed by atoms with E-state index in [0.29, 0.717) is 53.8 Å². The number of ether oxygens (including phenoxy) is 4. The van der Waals surface area contributed by atoms with E-state index in [2.05, 4.69) is 36.9 Å². The van der Waals surface area contributed by atoms with Crippen LogP contribution in [0.15, 0.2) is 93.1 Å². The van der Waals surface area contributed by atoms with Crippen LogP contribution in [0.5, 0.6) is 11.5 Å². The number of aromatic nitrogens is 1. The maximum Gasteiger partial charge on any atom is 0.407 e. The number of pyridine rings is 1. The van der Waals surface area contributed by atoms with Gasteiger partial charge in [0, 0.05) is 46.4 Å². The van der Waals surface area contributed by atoms with E-state index in [9.17, 15) is 19.2 Å². The SMILES string of the molecule is C=CCCCCC[C@H](NC(=O)OCC(C)(C)CC=C)C(=O)N1C[C@H](Oc2cc(-c3ccccc3)nc3cc(OC)c(C=C)cc23)C[C@H]1C(=O)N[C@]1(C(=O)OCC)C[C@@H]1C=C. The third-order valence-electron chi connectivity index (χ3n) is 11.1. The van der Waals surface area contributed by atoms with Crippen LogP contribution in [0.2, 0.25) is 0 Å². The van der Waals surface area contributed by atoms with Gasteiger partial charge in [-0.2, -0.15) is 0 Å². The molecule has 1 aliphatic carbocycles. The zero-order valence-corrected chi connectivity index (χ0v) is 35.5. The number of nitrogens with zero attached hydrogens (tertiary/aromatic N) is 2. The number of rotatable bonds is 22. The Morgan fingerprint density at radius 2 is 1.77 bits per heavy atom. The molecule has 3 aromatic rings. The minimum absolute atomic E-state index is 0.0131. The quantitative estimate of drug-likeness (QED) is 0.0580. The van der Waals surface area contributed by atoms with E-state index in [1.807, 2.05) is 68.5 Å². The highest BCUT2D eigenvalue weighted by Gasteiger charge is 2.62. The van der Waals surface area contributed by atoms with E-state index < -0.39 is 47.6 Å². The summed E-state index contributed by atoms with van der Waals surface area (Å²) < 4.78 is 23.5. The van der Waals surface area contributed by atoms with Crippen molar-refractivity contribution in [1.82, 2.24) is 20.5 Å². The highest BCUT2D eigenvalue weighted by atomic mass is 16.6. The molecule has 2 fully saturated rings. The molecule has 12 nitrogen and oxygen atoms in total. The minimum Gasteiger partial charge on any atom is -0.496 e. The first-order valence-electron chi connectivity index (χ1n) is 20.8. The van der Waals surface area contributed by atoms with Crippen LogP contribution in [0.25, 0.3) is 28.2 Å². The van der Waals surface area contributed by atoms with E-state index in [1.54, 1.807) is 32.3 Å². The molecule has 2 aliphatic rings. The zero-order chi connectivity index (χ0) is 43.5. The number of hydrogen-bond acceptors (Lipinski definition) is 9. The molecule has 0 bridgehead atoms. The molecule has 12 heteroatoms. The standard InChI is InChI=1S/C48H60N4O8/c1-9-14-15-16-20-23-37(50-46(56)59-31-47(6,7)24-10-2)44(54)52-30-35(26-40(52)43(53)51-48(29-34(48)12-4)45(55)58-13-5)60-42-27-38(33-21-18-17-19-22-33)49-39-28-41(57-8)32(11-3)25-36(39)42/h9-12,17-19,21-22,25,27-28,34-35,37,40H,1-4,13-16,20,23-24,26,29-31H2,5-8H3,(H,50,56)(H,51,53)/t34-,35+,37-,40-,48+/m0/s1. The zero-order valence-electron chi connectivity index (χ0n) is 35.5. The molecule has 2 heterocycles. The molecule has 1 saturated carbocycles. The second-order valence-electron chi connectivity index (χ2n) is 16.3. The summed E-state index contributed by atoms with van der Waals surface area (Å²) in [7, 11) is 1.58. The predicted octanol–water partition coefficient (Wildman–Crippen LogP) is 8.36. The van der Waals surface area contributed by atoms with Crippen LogP contribution in [0.1, 0.15) is 77.7 Å². The number of methoxy groups -OCH3 is 1. The first-order valence-corrected chi connectivity index (χ1v) is 20.8. The number of alkyl carbamates (subject to hydrolysis) is 1. The first-order chi connectivity index (χ1) is 28.8. The van der Waals surface area contributed by atoms with Gasteiger partial charge in [0.05, 0.1) is 38.1 Å². The lowest BCUT2D eigenvalue weighted by atomic mass is 9.91. The number of carbonyl (C=O) groups is 4. The molecule has 0 spiro atoms. The van der Waals surface area contributed by atoms with Crippen molar-refractivity contribution < 1.29 is 38.1 Å². The van der Waals surface area contributed by atoms with Crippen molar-refractivity contribution in [3.05, 3.63) is 98.6 Å². The Morgan fingerprint density at radius 1 is 1.00 bits per heavy atom. The molecular weight excluding hydrogens is 761 g/mol. The fourth-order valence-electron chi connectivity index (χ4n) is 7.72. The number of nitrogens with one attached hydrogen (secondary N) is 2. The largest absolute Gasteiger partial charge is 0.496 e. The molecule has 0 radical (unpaired) electrons. The van der Waals surface area contributed by atoms with Gasteiger partial charge in [0.25, 0.3) is 0 Å². The number of esters is 1. The van der Waals surface area contributed by atoms with Crippen LogP contribution >= 0.6 is 0 Å². The molecule has 2 aromatic carbocycles. The van der Waals surface area contributed by atoms with Gasteiger partial charge in [-0.1, -0.05) is 87.9 Å². The van der Waals surface area contributed by atoms with Crippen molar-refractivity contribution in [2.45, 2.75) is 95.9 Å². The number of likely N-dealkylation sites (tertiary alicyclic amines) is 1. The molecule has 3 amide bonds. The molecule has 1 saturated heterocycles. The topological polar surface area (TPSA) is 145 Å². The lowest BCUT2D eigenvalue weighted by Gasteiger charge is -2.30. The highest BCUT2D eigenvalue weighted by Crippen LogP contribution is 2.46. The van der Waals surface area contributed by atoms with Crippen LogP contribution in [0, 0.1) is 11.3 Å². The number of benzene rings is 2. The van der Waals surface area contributed by atoms with E-state index in [4.69, 9.17) is 23.9 Å². The maximum atomic E-state index is 14.8. The van der Waals surface area contributed by atoms with Gasteiger partial charge in [0.2, 0.25) is 11.8 Å². The van der Waals surface area contributed by atoms with Gasteiger partial charge in [-0.15, -0.1) is 19.7 Å². The minimum atomic E-state index is -1.29. The van der Waals surface area contributed by atoms with Crippen molar-refractivity contribution >= 4 is 40.9 Å². The predicted molar refractivity (Wildman–Crippen MR) is 234 cm³/mol. The molecule has 60 heavy (non-hydrogen) atoms.